The number of benzene rings is 2. The molecule has 0 saturated carbocycles. The molecule has 0 radical (unpaired) electrons. The molecular weight excluding hydrogens is 306 g/mol. The van der Waals surface area contributed by atoms with E-state index in [0.29, 0.717) is 16.8 Å². The van der Waals surface area contributed by atoms with Gasteiger partial charge in [0.15, 0.2) is 0 Å². The van der Waals surface area contributed by atoms with Gasteiger partial charge < -0.3 is 16.4 Å². The van der Waals surface area contributed by atoms with Gasteiger partial charge in [0.05, 0.1) is 0 Å². The summed E-state index contributed by atoms with van der Waals surface area (Å²) in [6.07, 6.45) is 0.135. The standard InChI is InChI=1S/C18H19N3O3/c1-12(20-18(24)14-5-3-2-4-6-14)11-16(22)21-15-9-7-13(8-10-15)17(19)23/h2-10,12H,11H2,1H3,(H2,19,23)(H,20,24)(H,21,22)/t12-/m0/s1. The lowest BCUT2D eigenvalue weighted by Crippen LogP contribution is -2.35. The van der Waals surface area contributed by atoms with Crippen molar-refractivity contribution in [3.8, 4) is 0 Å². The molecule has 6 nitrogen and oxygen atoms in total. The largest absolute Gasteiger partial charge is 0.366 e. The number of carbonyl (C=O) groups excluding carboxylic acids is 3. The van der Waals surface area contributed by atoms with Gasteiger partial charge in [-0.25, -0.2) is 0 Å². The molecule has 2 aromatic rings. The second kappa shape index (κ2) is 7.92. The Morgan fingerprint density at radius 2 is 1.58 bits per heavy atom. The monoisotopic (exact) mass is 325 g/mol. The van der Waals surface area contributed by atoms with Crippen LogP contribution in [0.5, 0.6) is 0 Å². The Morgan fingerprint density at radius 1 is 0.958 bits per heavy atom. The first-order chi connectivity index (χ1) is 11.5. The molecule has 0 heterocycles. The number of nitrogens with one attached hydrogen (secondary N) is 2. The second-order valence-electron chi connectivity index (χ2n) is 5.43. The highest BCUT2D eigenvalue weighted by Gasteiger charge is 2.13. The Hall–Kier alpha value is -3.15. The van der Waals surface area contributed by atoms with Crippen molar-refractivity contribution < 1.29 is 14.4 Å². The van der Waals surface area contributed by atoms with Crippen LogP contribution in [0.25, 0.3) is 0 Å². The van der Waals surface area contributed by atoms with E-state index in [4.69, 9.17) is 5.73 Å². The van der Waals surface area contributed by atoms with Crippen LogP contribution < -0.4 is 16.4 Å². The Balaban J connectivity index is 1.85. The molecular formula is C18H19N3O3. The molecule has 0 aliphatic carbocycles. The predicted molar refractivity (Wildman–Crippen MR) is 91.6 cm³/mol. The minimum atomic E-state index is -0.523. The SMILES string of the molecule is C[C@@H](CC(=O)Nc1ccc(C(N)=O)cc1)NC(=O)c1ccccc1. The first-order valence-electron chi connectivity index (χ1n) is 7.51. The summed E-state index contributed by atoms with van der Waals surface area (Å²) in [5.41, 5.74) is 6.64. The molecule has 2 rings (SSSR count). The average molecular weight is 325 g/mol. The minimum absolute atomic E-state index is 0.135. The van der Waals surface area contributed by atoms with Crippen LogP contribution in [0.2, 0.25) is 0 Å². The zero-order valence-electron chi connectivity index (χ0n) is 13.3. The number of amides is 3. The van der Waals surface area contributed by atoms with Gasteiger partial charge in [-0.2, -0.15) is 0 Å². The van der Waals surface area contributed by atoms with Crippen molar-refractivity contribution in [1.29, 1.82) is 0 Å². The fourth-order valence-electron chi connectivity index (χ4n) is 2.16. The van der Waals surface area contributed by atoms with Crippen molar-refractivity contribution in [2.24, 2.45) is 5.73 Å². The van der Waals surface area contributed by atoms with Crippen molar-refractivity contribution >= 4 is 23.4 Å². The third-order valence-corrected chi connectivity index (χ3v) is 3.36. The molecule has 0 saturated heterocycles. The molecule has 0 unspecified atom stereocenters. The maximum absolute atomic E-state index is 12.0. The topological polar surface area (TPSA) is 101 Å². The van der Waals surface area contributed by atoms with Gasteiger partial charge in [-0.15, -0.1) is 0 Å². The van der Waals surface area contributed by atoms with Crippen molar-refractivity contribution in [2.45, 2.75) is 19.4 Å². The Labute approximate surface area is 140 Å². The summed E-state index contributed by atoms with van der Waals surface area (Å²) in [5, 5.41) is 5.49. The normalized spacial score (nSPS) is 11.4. The maximum atomic E-state index is 12.0. The number of rotatable bonds is 6. The van der Waals surface area contributed by atoms with Crippen LogP contribution in [-0.4, -0.2) is 23.8 Å². The first-order valence-corrected chi connectivity index (χ1v) is 7.51. The lowest BCUT2D eigenvalue weighted by atomic mass is 10.1. The molecule has 24 heavy (non-hydrogen) atoms. The van der Waals surface area contributed by atoms with E-state index in [9.17, 15) is 14.4 Å². The zero-order chi connectivity index (χ0) is 17.5. The molecule has 2 aromatic carbocycles. The predicted octanol–water partition coefficient (Wildman–Crippen LogP) is 1.93. The summed E-state index contributed by atoms with van der Waals surface area (Å²) in [6.45, 7) is 1.76. The molecule has 1 atom stereocenters. The smallest absolute Gasteiger partial charge is 0.251 e. The van der Waals surface area contributed by atoms with Crippen molar-refractivity contribution in [3.63, 3.8) is 0 Å². The van der Waals surface area contributed by atoms with E-state index in [1.807, 2.05) is 6.07 Å². The molecule has 124 valence electrons. The molecule has 0 aliphatic rings. The van der Waals surface area contributed by atoms with E-state index >= 15 is 0 Å². The fraction of sp³-hybridized carbons (Fsp3) is 0.167. The van der Waals surface area contributed by atoms with Crippen LogP contribution in [0.3, 0.4) is 0 Å². The number of carbonyl (C=O) groups is 3. The Kier molecular flexibility index (Phi) is 5.68. The highest BCUT2D eigenvalue weighted by molar-refractivity contribution is 5.96. The van der Waals surface area contributed by atoms with Crippen molar-refractivity contribution in [1.82, 2.24) is 5.32 Å². The lowest BCUT2D eigenvalue weighted by Gasteiger charge is -2.14. The summed E-state index contributed by atoms with van der Waals surface area (Å²) in [7, 11) is 0. The van der Waals surface area contributed by atoms with Gasteiger partial charge in [0.1, 0.15) is 0 Å². The van der Waals surface area contributed by atoms with Crippen molar-refractivity contribution in [2.75, 3.05) is 5.32 Å². The molecule has 0 fully saturated rings. The number of hydrogen-bond donors (Lipinski definition) is 3. The van der Waals surface area contributed by atoms with E-state index in [0.717, 1.165) is 0 Å². The quantitative estimate of drug-likeness (QED) is 0.756. The summed E-state index contributed by atoms with van der Waals surface area (Å²) in [6, 6.07) is 14.8. The van der Waals surface area contributed by atoms with E-state index in [2.05, 4.69) is 10.6 Å². The van der Waals surface area contributed by atoms with E-state index in [-0.39, 0.29) is 24.3 Å². The number of primary amides is 1. The fourth-order valence-corrected chi connectivity index (χ4v) is 2.16. The van der Waals surface area contributed by atoms with Crippen LogP contribution in [0.1, 0.15) is 34.1 Å². The van der Waals surface area contributed by atoms with Crippen LogP contribution >= 0.6 is 0 Å². The first kappa shape index (κ1) is 17.2. The third-order valence-electron chi connectivity index (χ3n) is 3.36. The van der Waals surface area contributed by atoms with E-state index in [1.165, 1.54) is 0 Å². The molecule has 0 bridgehead atoms. The van der Waals surface area contributed by atoms with E-state index in [1.54, 1.807) is 55.5 Å². The summed E-state index contributed by atoms with van der Waals surface area (Å²) in [5.74, 6) is -0.977. The Morgan fingerprint density at radius 3 is 2.17 bits per heavy atom. The zero-order valence-corrected chi connectivity index (χ0v) is 13.3. The van der Waals surface area contributed by atoms with Gasteiger partial charge in [0.2, 0.25) is 11.8 Å². The minimum Gasteiger partial charge on any atom is -0.366 e. The number of hydrogen-bond acceptors (Lipinski definition) is 3. The van der Waals surface area contributed by atoms with Gasteiger partial charge >= 0.3 is 0 Å². The van der Waals surface area contributed by atoms with E-state index < -0.39 is 5.91 Å². The summed E-state index contributed by atoms with van der Waals surface area (Å²) in [4.78, 5) is 35.0. The summed E-state index contributed by atoms with van der Waals surface area (Å²) >= 11 is 0. The molecule has 3 amide bonds. The van der Waals surface area contributed by atoms with Crippen LogP contribution in [0.15, 0.2) is 54.6 Å². The maximum Gasteiger partial charge on any atom is 0.251 e. The molecule has 4 N–H and O–H groups in total. The number of anilines is 1. The second-order valence-corrected chi connectivity index (χ2v) is 5.43. The van der Waals surface area contributed by atoms with Crippen molar-refractivity contribution in [3.05, 3.63) is 65.7 Å². The molecule has 0 spiro atoms. The lowest BCUT2D eigenvalue weighted by molar-refractivity contribution is -0.116. The highest BCUT2D eigenvalue weighted by atomic mass is 16.2. The van der Waals surface area contributed by atoms with Gasteiger partial charge in [0.25, 0.3) is 5.91 Å². The number of nitrogens with two attached hydrogens (primary N) is 1. The van der Waals surface area contributed by atoms with Crippen LogP contribution in [-0.2, 0) is 4.79 Å². The van der Waals surface area contributed by atoms with Gasteiger partial charge in [-0.1, -0.05) is 18.2 Å². The van der Waals surface area contributed by atoms with Crippen LogP contribution in [0, 0.1) is 0 Å². The highest BCUT2D eigenvalue weighted by Crippen LogP contribution is 2.10. The molecule has 0 aliphatic heterocycles. The molecule has 0 aromatic heterocycles. The summed E-state index contributed by atoms with van der Waals surface area (Å²) < 4.78 is 0. The third kappa shape index (κ3) is 4.95. The Bertz CT molecular complexity index is 727. The average Bonchev–Trinajstić information content (AvgIpc) is 2.55. The molecule has 6 heteroatoms. The van der Waals surface area contributed by atoms with Gasteiger partial charge in [-0.3, -0.25) is 14.4 Å². The van der Waals surface area contributed by atoms with Gasteiger partial charge in [-0.05, 0) is 43.3 Å². The van der Waals surface area contributed by atoms with Gasteiger partial charge in [0, 0.05) is 29.3 Å². The van der Waals surface area contributed by atoms with Crippen LogP contribution in [0.4, 0.5) is 5.69 Å².